The molecule has 2 rings (SSSR count). The summed E-state index contributed by atoms with van der Waals surface area (Å²) in [5.74, 6) is 0.566. The SMILES string of the molecule is Cn1nc(N)c2c1CN(C(=O)OC(C)(C)C)CC2. The van der Waals surface area contributed by atoms with Crippen LogP contribution in [0.1, 0.15) is 32.0 Å². The molecule has 0 saturated carbocycles. The predicted octanol–water partition coefficient (Wildman–Crippen LogP) is 1.30. The van der Waals surface area contributed by atoms with Crippen molar-refractivity contribution in [3.05, 3.63) is 11.3 Å². The monoisotopic (exact) mass is 252 g/mol. The first-order chi connectivity index (χ1) is 8.28. The van der Waals surface area contributed by atoms with Crippen molar-refractivity contribution < 1.29 is 9.53 Å². The van der Waals surface area contributed by atoms with Crippen molar-refractivity contribution in [1.29, 1.82) is 0 Å². The van der Waals surface area contributed by atoms with Crippen LogP contribution in [-0.2, 0) is 24.8 Å². The number of aromatic nitrogens is 2. The smallest absolute Gasteiger partial charge is 0.410 e. The maximum Gasteiger partial charge on any atom is 0.410 e. The first-order valence-electron chi connectivity index (χ1n) is 6.06. The van der Waals surface area contributed by atoms with Crippen LogP contribution in [0.4, 0.5) is 10.6 Å². The lowest BCUT2D eigenvalue weighted by molar-refractivity contribution is 0.0219. The molecule has 1 aliphatic rings. The molecule has 0 aromatic carbocycles. The largest absolute Gasteiger partial charge is 0.444 e. The number of rotatable bonds is 0. The van der Waals surface area contributed by atoms with Gasteiger partial charge < -0.3 is 15.4 Å². The highest BCUT2D eigenvalue weighted by molar-refractivity contribution is 5.69. The maximum atomic E-state index is 12.0. The summed E-state index contributed by atoms with van der Waals surface area (Å²) < 4.78 is 7.10. The van der Waals surface area contributed by atoms with Crippen molar-refractivity contribution >= 4 is 11.9 Å². The molecule has 1 aromatic heterocycles. The van der Waals surface area contributed by atoms with Crippen LogP contribution in [0.15, 0.2) is 0 Å². The number of aryl methyl sites for hydroxylation is 1. The van der Waals surface area contributed by atoms with Gasteiger partial charge in [0.05, 0.1) is 12.2 Å². The lowest BCUT2D eigenvalue weighted by atomic mass is 10.1. The van der Waals surface area contributed by atoms with E-state index in [2.05, 4.69) is 5.10 Å². The van der Waals surface area contributed by atoms with Gasteiger partial charge in [-0.1, -0.05) is 0 Å². The summed E-state index contributed by atoms with van der Waals surface area (Å²) in [5, 5.41) is 4.18. The number of anilines is 1. The quantitative estimate of drug-likeness (QED) is 0.755. The minimum atomic E-state index is -0.469. The Balaban J connectivity index is 2.12. The first kappa shape index (κ1) is 12.7. The van der Waals surface area contributed by atoms with Crippen LogP contribution in [0.25, 0.3) is 0 Å². The molecule has 1 aliphatic heterocycles. The second kappa shape index (κ2) is 4.19. The molecule has 1 aromatic rings. The third-order valence-corrected chi connectivity index (χ3v) is 2.93. The van der Waals surface area contributed by atoms with Gasteiger partial charge in [-0.05, 0) is 27.2 Å². The third-order valence-electron chi connectivity index (χ3n) is 2.93. The molecule has 0 atom stereocenters. The summed E-state index contributed by atoms with van der Waals surface area (Å²) in [6, 6.07) is 0. The molecule has 0 aliphatic carbocycles. The van der Waals surface area contributed by atoms with Gasteiger partial charge in [0.15, 0.2) is 0 Å². The number of nitrogens with two attached hydrogens (primary N) is 1. The second-order valence-corrected chi connectivity index (χ2v) is 5.59. The van der Waals surface area contributed by atoms with Crippen LogP contribution in [0.2, 0.25) is 0 Å². The van der Waals surface area contributed by atoms with Gasteiger partial charge in [-0.15, -0.1) is 0 Å². The van der Waals surface area contributed by atoms with E-state index in [1.807, 2.05) is 27.8 Å². The molecule has 0 fully saturated rings. The molecule has 6 heteroatoms. The van der Waals surface area contributed by atoms with E-state index < -0.39 is 5.60 Å². The molecule has 0 bridgehead atoms. The summed E-state index contributed by atoms with van der Waals surface area (Å²) in [5.41, 5.74) is 7.39. The summed E-state index contributed by atoms with van der Waals surface area (Å²) in [7, 11) is 1.84. The van der Waals surface area contributed by atoms with Crippen molar-refractivity contribution in [3.8, 4) is 0 Å². The second-order valence-electron chi connectivity index (χ2n) is 5.59. The highest BCUT2D eigenvalue weighted by Gasteiger charge is 2.28. The Morgan fingerprint density at radius 3 is 2.72 bits per heavy atom. The molecule has 1 amide bonds. The fraction of sp³-hybridized carbons (Fsp3) is 0.667. The highest BCUT2D eigenvalue weighted by atomic mass is 16.6. The molecule has 2 heterocycles. The van der Waals surface area contributed by atoms with E-state index in [1.54, 1.807) is 9.58 Å². The van der Waals surface area contributed by atoms with Crippen LogP contribution < -0.4 is 5.73 Å². The minimum absolute atomic E-state index is 0.284. The van der Waals surface area contributed by atoms with Gasteiger partial charge in [0, 0.05) is 19.2 Å². The van der Waals surface area contributed by atoms with Gasteiger partial charge in [-0.2, -0.15) is 5.10 Å². The summed E-state index contributed by atoms with van der Waals surface area (Å²) >= 11 is 0. The minimum Gasteiger partial charge on any atom is -0.444 e. The summed E-state index contributed by atoms with van der Waals surface area (Å²) in [6.45, 7) is 6.72. The maximum absolute atomic E-state index is 12.0. The van der Waals surface area contributed by atoms with Crippen molar-refractivity contribution in [3.63, 3.8) is 0 Å². The van der Waals surface area contributed by atoms with Crippen molar-refractivity contribution in [2.45, 2.75) is 39.3 Å². The Kier molecular flexibility index (Phi) is 2.96. The molecule has 0 spiro atoms. The number of ether oxygens (including phenoxy) is 1. The molecular formula is C12H20N4O2. The van der Waals surface area contributed by atoms with E-state index in [9.17, 15) is 4.79 Å². The zero-order valence-corrected chi connectivity index (χ0v) is 11.4. The molecule has 100 valence electrons. The summed E-state index contributed by atoms with van der Waals surface area (Å²) in [6.07, 6.45) is 0.446. The number of hydrogen-bond donors (Lipinski definition) is 1. The topological polar surface area (TPSA) is 73.4 Å². The Morgan fingerprint density at radius 1 is 1.44 bits per heavy atom. The lowest BCUT2D eigenvalue weighted by Crippen LogP contribution is -2.40. The van der Waals surface area contributed by atoms with Gasteiger partial charge in [0.1, 0.15) is 11.4 Å². The molecule has 18 heavy (non-hydrogen) atoms. The Hall–Kier alpha value is -1.72. The van der Waals surface area contributed by atoms with Crippen LogP contribution in [-0.4, -0.2) is 32.9 Å². The van der Waals surface area contributed by atoms with E-state index in [4.69, 9.17) is 10.5 Å². The summed E-state index contributed by atoms with van der Waals surface area (Å²) in [4.78, 5) is 13.7. The van der Waals surface area contributed by atoms with Gasteiger partial charge in [0.25, 0.3) is 0 Å². The average Bonchev–Trinajstić information content (AvgIpc) is 2.52. The average molecular weight is 252 g/mol. The first-order valence-corrected chi connectivity index (χ1v) is 6.06. The van der Waals surface area contributed by atoms with E-state index >= 15 is 0 Å². The fourth-order valence-electron chi connectivity index (χ4n) is 2.08. The van der Waals surface area contributed by atoms with Crippen molar-refractivity contribution in [2.75, 3.05) is 12.3 Å². The molecule has 0 saturated heterocycles. The van der Waals surface area contributed by atoms with Crippen LogP contribution in [0, 0.1) is 0 Å². The molecule has 6 nitrogen and oxygen atoms in total. The number of fused-ring (bicyclic) bond motifs is 1. The van der Waals surface area contributed by atoms with E-state index in [1.165, 1.54) is 0 Å². The third kappa shape index (κ3) is 2.42. The van der Waals surface area contributed by atoms with Gasteiger partial charge in [0.2, 0.25) is 0 Å². The van der Waals surface area contributed by atoms with Crippen LogP contribution >= 0.6 is 0 Å². The Labute approximate surface area is 107 Å². The Morgan fingerprint density at radius 2 is 2.11 bits per heavy atom. The Bertz CT molecular complexity index is 473. The zero-order valence-electron chi connectivity index (χ0n) is 11.4. The standard InChI is InChI=1S/C12H20N4O2/c1-12(2,3)18-11(17)16-6-5-8-9(7-16)15(4)14-10(8)13/h5-7H2,1-4H3,(H2,13,14). The van der Waals surface area contributed by atoms with E-state index in [0.717, 1.165) is 17.7 Å². The zero-order chi connectivity index (χ0) is 13.5. The van der Waals surface area contributed by atoms with Gasteiger partial charge >= 0.3 is 6.09 Å². The van der Waals surface area contributed by atoms with Crippen molar-refractivity contribution in [2.24, 2.45) is 7.05 Å². The number of nitrogens with zero attached hydrogens (tertiary/aromatic N) is 3. The van der Waals surface area contributed by atoms with Gasteiger partial charge in [-0.3, -0.25) is 4.68 Å². The molecule has 0 radical (unpaired) electrons. The predicted molar refractivity (Wildman–Crippen MR) is 68.0 cm³/mol. The molecular weight excluding hydrogens is 232 g/mol. The molecule has 2 N–H and O–H groups in total. The van der Waals surface area contributed by atoms with E-state index in [-0.39, 0.29) is 6.09 Å². The fourth-order valence-corrected chi connectivity index (χ4v) is 2.08. The normalized spacial score (nSPS) is 15.4. The van der Waals surface area contributed by atoms with Crippen LogP contribution in [0.3, 0.4) is 0 Å². The van der Waals surface area contributed by atoms with Gasteiger partial charge in [-0.25, -0.2) is 4.79 Å². The number of amides is 1. The van der Waals surface area contributed by atoms with Crippen molar-refractivity contribution in [1.82, 2.24) is 14.7 Å². The van der Waals surface area contributed by atoms with E-state index in [0.29, 0.717) is 18.9 Å². The number of carbonyl (C=O) groups excluding carboxylic acids is 1. The van der Waals surface area contributed by atoms with Crippen LogP contribution in [0.5, 0.6) is 0 Å². The number of hydrogen-bond acceptors (Lipinski definition) is 4. The highest BCUT2D eigenvalue weighted by Crippen LogP contribution is 2.24. The number of nitrogen functional groups attached to an aromatic ring is 1. The number of carbonyl (C=O) groups is 1. The molecule has 0 unspecified atom stereocenters. The lowest BCUT2D eigenvalue weighted by Gasteiger charge is -2.30.